The van der Waals surface area contributed by atoms with E-state index in [1.165, 1.54) is 20.1 Å². The number of anilines is 1. The Morgan fingerprint density at radius 1 is 1.47 bits per heavy atom. The molecular formula is C11H13NO6S. The van der Waals surface area contributed by atoms with Crippen LogP contribution in [0.4, 0.5) is 5.69 Å². The maximum absolute atomic E-state index is 11.9. The van der Waals surface area contributed by atoms with Gasteiger partial charge in [-0.2, -0.15) is 0 Å². The second-order valence-corrected chi connectivity index (χ2v) is 5.77. The van der Waals surface area contributed by atoms with Crippen LogP contribution in [0.3, 0.4) is 0 Å². The molecule has 2 N–H and O–H groups in total. The van der Waals surface area contributed by atoms with Crippen LogP contribution in [-0.2, 0) is 14.6 Å². The van der Waals surface area contributed by atoms with Crippen LogP contribution in [0.1, 0.15) is 17.3 Å². The summed E-state index contributed by atoms with van der Waals surface area (Å²) in [6.45, 7) is 1.42. The number of rotatable bonds is 6. The number of carboxylic acid groups (broad SMARTS) is 1. The third kappa shape index (κ3) is 3.02. The Labute approximate surface area is 110 Å². The molecule has 1 rings (SSSR count). The predicted octanol–water partition coefficient (Wildman–Crippen LogP) is 0.755. The number of methoxy groups -OCH3 is 1. The van der Waals surface area contributed by atoms with Crippen LogP contribution in [0.2, 0.25) is 0 Å². The Bertz CT molecular complexity index is 608. The van der Waals surface area contributed by atoms with Crippen molar-refractivity contribution in [3.05, 3.63) is 17.7 Å². The third-order valence-electron chi connectivity index (χ3n) is 2.46. The van der Waals surface area contributed by atoms with Gasteiger partial charge < -0.3 is 15.2 Å². The van der Waals surface area contributed by atoms with E-state index in [4.69, 9.17) is 9.84 Å². The van der Waals surface area contributed by atoms with E-state index in [1.54, 1.807) is 0 Å². The van der Waals surface area contributed by atoms with Gasteiger partial charge in [-0.1, -0.05) is 6.92 Å². The highest BCUT2D eigenvalue weighted by Gasteiger charge is 2.22. The van der Waals surface area contributed by atoms with Gasteiger partial charge in [0.25, 0.3) is 0 Å². The molecule has 104 valence electrons. The molecule has 0 aliphatic rings. The predicted molar refractivity (Wildman–Crippen MR) is 67.4 cm³/mol. The quantitative estimate of drug-likeness (QED) is 0.747. The molecule has 0 fully saturated rings. The molecule has 0 aliphatic carbocycles. The molecule has 8 heteroatoms. The number of carboxylic acids is 1. The highest BCUT2D eigenvalue weighted by molar-refractivity contribution is 7.91. The van der Waals surface area contributed by atoms with Gasteiger partial charge in [-0.25, -0.2) is 13.2 Å². The maximum Gasteiger partial charge on any atom is 0.339 e. The summed E-state index contributed by atoms with van der Waals surface area (Å²) >= 11 is 0. The van der Waals surface area contributed by atoms with Crippen LogP contribution in [0.15, 0.2) is 17.0 Å². The zero-order chi connectivity index (χ0) is 14.6. The van der Waals surface area contributed by atoms with Crippen LogP contribution >= 0.6 is 0 Å². The lowest BCUT2D eigenvalue weighted by Crippen LogP contribution is -2.11. The van der Waals surface area contributed by atoms with Crippen molar-refractivity contribution in [1.29, 1.82) is 0 Å². The highest BCUT2D eigenvalue weighted by atomic mass is 32.2. The minimum absolute atomic E-state index is 0.0151. The Balaban J connectivity index is 3.64. The molecule has 0 aromatic heterocycles. The second kappa shape index (κ2) is 5.70. The van der Waals surface area contributed by atoms with Crippen molar-refractivity contribution in [3.8, 4) is 5.75 Å². The minimum Gasteiger partial charge on any atom is -0.496 e. The van der Waals surface area contributed by atoms with Gasteiger partial charge in [0.15, 0.2) is 9.84 Å². The summed E-state index contributed by atoms with van der Waals surface area (Å²) < 4.78 is 28.6. The average Bonchev–Trinajstić information content (AvgIpc) is 2.38. The van der Waals surface area contributed by atoms with Gasteiger partial charge in [0.1, 0.15) is 11.3 Å². The molecule has 19 heavy (non-hydrogen) atoms. The van der Waals surface area contributed by atoms with Crippen molar-refractivity contribution in [3.63, 3.8) is 0 Å². The van der Waals surface area contributed by atoms with Crippen LogP contribution in [0.5, 0.6) is 5.75 Å². The van der Waals surface area contributed by atoms with Crippen molar-refractivity contribution in [1.82, 2.24) is 0 Å². The Kier molecular flexibility index (Phi) is 4.49. The number of benzene rings is 1. The molecule has 0 saturated heterocycles. The smallest absolute Gasteiger partial charge is 0.339 e. The zero-order valence-electron chi connectivity index (χ0n) is 10.3. The lowest BCUT2D eigenvalue weighted by molar-refractivity contribution is -0.105. The van der Waals surface area contributed by atoms with Crippen LogP contribution < -0.4 is 10.1 Å². The average molecular weight is 287 g/mol. The molecule has 0 saturated carbocycles. The molecular weight excluding hydrogens is 274 g/mol. The second-order valence-electron chi connectivity index (χ2n) is 3.52. The van der Waals surface area contributed by atoms with Gasteiger partial charge in [-0.05, 0) is 6.07 Å². The van der Waals surface area contributed by atoms with Crippen molar-refractivity contribution in [2.45, 2.75) is 11.8 Å². The first-order chi connectivity index (χ1) is 8.87. The Morgan fingerprint density at radius 2 is 2.11 bits per heavy atom. The van der Waals surface area contributed by atoms with E-state index < -0.39 is 15.8 Å². The SMILES string of the molecule is CCS(=O)(=O)c1cc(C(=O)O)c(OC)cc1NC=O. The van der Waals surface area contributed by atoms with E-state index in [0.29, 0.717) is 6.41 Å². The van der Waals surface area contributed by atoms with Gasteiger partial charge in [-0.3, -0.25) is 4.79 Å². The van der Waals surface area contributed by atoms with E-state index in [-0.39, 0.29) is 27.6 Å². The van der Waals surface area contributed by atoms with E-state index >= 15 is 0 Å². The minimum atomic E-state index is -3.67. The standard InChI is InChI=1S/C11H13NO6S/c1-3-19(16,17)10-4-7(11(14)15)9(18-2)5-8(10)12-6-13/h4-6H,3H2,1-2H3,(H,12,13)(H,14,15). The topological polar surface area (TPSA) is 110 Å². The maximum atomic E-state index is 11.9. The Hall–Kier alpha value is -2.09. The molecule has 1 aromatic rings. The van der Waals surface area contributed by atoms with Crippen molar-refractivity contribution in [2.75, 3.05) is 18.2 Å². The molecule has 0 radical (unpaired) electrons. The fraction of sp³-hybridized carbons (Fsp3) is 0.273. The van der Waals surface area contributed by atoms with Crippen molar-refractivity contribution < 1.29 is 27.9 Å². The van der Waals surface area contributed by atoms with Gasteiger partial charge >= 0.3 is 5.97 Å². The summed E-state index contributed by atoms with van der Waals surface area (Å²) in [5.74, 6) is -1.57. The number of ether oxygens (including phenoxy) is 1. The fourth-order valence-electron chi connectivity index (χ4n) is 1.49. The molecule has 0 unspecified atom stereocenters. The summed E-state index contributed by atoms with van der Waals surface area (Å²) in [5.41, 5.74) is -0.301. The van der Waals surface area contributed by atoms with Crippen LogP contribution in [0.25, 0.3) is 0 Å². The Morgan fingerprint density at radius 3 is 2.53 bits per heavy atom. The molecule has 0 heterocycles. The summed E-state index contributed by atoms with van der Waals surface area (Å²) in [5, 5.41) is 11.2. The van der Waals surface area contributed by atoms with Gasteiger partial charge in [0.05, 0.1) is 23.4 Å². The van der Waals surface area contributed by atoms with Crippen molar-refractivity contribution >= 4 is 27.9 Å². The number of hydrogen-bond acceptors (Lipinski definition) is 5. The largest absolute Gasteiger partial charge is 0.496 e. The van der Waals surface area contributed by atoms with E-state index in [0.717, 1.165) is 6.07 Å². The fourth-order valence-corrected chi connectivity index (χ4v) is 2.55. The molecule has 0 bridgehead atoms. The number of carbonyl (C=O) groups is 2. The number of amides is 1. The van der Waals surface area contributed by atoms with Crippen molar-refractivity contribution in [2.24, 2.45) is 0 Å². The van der Waals surface area contributed by atoms with E-state index in [2.05, 4.69) is 5.32 Å². The lowest BCUT2D eigenvalue weighted by Gasteiger charge is -2.12. The van der Waals surface area contributed by atoms with Crippen LogP contribution in [0, 0.1) is 0 Å². The number of carbonyl (C=O) groups excluding carboxylic acids is 1. The lowest BCUT2D eigenvalue weighted by atomic mass is 10.2. The number of aromatic carboxylic acids is 1. The molecule has 0 atom stereocenters. The van der Waals surface area contributed by atoms with Crippen LogP contribution in [-0.4, -0.2) is 38.8 Å². The first kappa shape index (κ1) is 15.0. The van der Waals surface area contributed by atoms with Gasteiger partial charge in [0.2, 0.25) is 6.41 Å². The van der Waals surface area contributed by atoms with E-state index in [1.807, 2.05) is 0 Å². The molecule has 1 aromatic carbocycles. The first-order valence-corrected chi connectivity index (χ1v) is 6.90. The number of sulfone groups is 1. The van der Waals surface area contributed by atoms with Gasteiger partial charge in [-0.15, -0.1) is 0 Å². The normalized spacial score (nSPS) is 10.8. The molecule has 7 nitrogen and oxygen atoms in total. The third-order valence-corrected chi connectivity index (χ3v) is 4.23. The number of hydrogen-bond donors (Lipinski definition) is 2. The summed E-state index contributed by atoms with van der Waals surface area (Å²) in [7, 11) is -2.42. The molecule has 1 amide bonds. The first-order valence-electron chi connectivity index (χ1n) is 5.25. The monoisotopic (exact) mass is 287 g/mol. The molecule has 0 aliphatic heterocycles. The summed E-state index contributed by atoms with van der Waals surface area (Å²) in [6, 6.07) is 2.15. The summed E-state index contributed by atoms with van der Waals surface area (Å²) in [6.07, 6.45) is 0.309. The summed E-state index contributed by atoms with van der Waals surface area (Å²) in [4.78, 5) is 21.3. The highest BCUT2D eigenvalue weighted by Crippen LogP contribution is 2.31. The molecule has 0 spiro atoms. The van der Waals surface area contributed by atoms with E-state index in [9.17, 15) is 18.0 Å². The van der Waals surface area contributed by atoms with Gasteiger partial charge in [0, 0.05) is 6.07 Å². The number of nitrogens with one attached hydrogen (secondary N) is 1. The zero-order valence-corrected chi connectivity index (χ0v) is 11.2.